The van der Waals surface area contributed by atoms with Crippen molar-refractivity contribution in [3.8, 4) is 16.2 Å². The van der Waals surface area contributed by atoms with E-state index in [2.05, 4.69) is 15.6 Å². The number of rotatable bonds is 18. The number of benzene rings is 2. The Morgan fingerprint density at radius 1 is 1.05 bits per heavy atom. The van der Waals surface area contributed by atoms with Crippen LogP contribution in [0.15, 0.2) is 41.9 Å². The molecule has 300 valence electrons. The zero-order chi connectivity index (χ0) is 40.4. The molecule has 0 bridgehead atoms. The number of β-amino-alcohol motifs (C(OH)–C–C–N with tert-alkyl or cyclic N) is 1. The summed E-state index contributed by atoms with van der Waals surface area (Å²) in [5.74, 6) is -1.90. The Labute approximate surface area is 327 Å². The molecular weight excluding hydrogens is 724 g/mol. The lowest BCUT2D eigenvalue weighted by molar-refractivity contribution is -0.144. The summed E-state index contributed by atoms with van der Waals surface area (Å²) in [6.07, 6.45) is 2.11. The smallest absolute Gasteiger partial charge is 0.246 e. The molecule has 1 aromatic heterocycles. The largest absolute Gasteiger partial charge is 0.489 e. The Morgan fingerprint density at radius 3 is 2.40 bits per heavy atom. The highest BCUT2D eigenvalue weighted by molar-refractivity contribution is 7.13. The number of primary amides is 1. The minimum atomic E-state index is -0.927. The number of nitrogens with one attached hydrogen (secondary N) is 2. The lowest BCUT2D eigenvalue weighted by atomic mass is 9.85. The number of hydrogen-bond acceptors (Lipinski definition) is 9. The van der Waals surface area contributed by atoms with Crippen LogP contribution in [0, 0.1) is 25.1 Å². The van der Waals surface area contributed by atoms with Gasteiger partial charge in [-0.1, -0.05) is 57.5 Å². The highest BCUT2D eigenvalue weighted by atomic mass is 32.1. The van der Waals surface area contributed by atoms with Crippen LogP contribution in [0.25, 0.3) is 10.4 Å². The molecule has 12 nitrogen and oxygen atoms in total. The van der Waals surface area contributed by atoms with Crippen molar-refractivity contribution in [3.63, 3.8) is 0 Å². The van der Waals surface area contributed by atoms with E-state index in [-0.39, 0.29) is 56.0 Å². The number of halogens is 1. The molecule has 0 saturated carbocycles. The molecule has 2 aromatic carbocycles. The van der Waals surface area contributed by atoms with Crippen LogP contribution in [-0.2, 0) is 25.6 Å². The SMILES string of the molecule is Cc1ccc(OC[C@@H](N)CCC(N)=O)c(F)c1CCCCCC(=O)N[C@H](C(=O)N1C[C@H](O)C[C@H]1C(=O)N[C@@H](C)c1ccc(-c2scnc2C)cc1)C(C)(C)C. The van der Waals surface area contributed by atoms with Gasteiger partial charge in [0.15, 0.2) is 11.6 Å². The van der Waals surface area contributed by atoms with Crippen LogP contribution >= 0.6 is 11.3 Å². The van der Waals surface area contributed by atoms with Crippen molar-refractivity contribution in [1.82, 2.24) is 20.5 Å². The van der Waals surface area contributed by atoms with Gasteiger partial charge < -0.3 is 36.8 Å². The molecule has 14 heteroatoms. The average molecular weight is 781 g/mol. The maximum atomic E-state index is 15.3. The molecule has 0 aliphatic carbocycles. The fourth-order valence-corrected chi connectivity index (χ4v) is 7.55. The van der Waals surface area contributed by atoms with Crippen LogP contribution in [0.3, 0.4) is 0 Å². The normalized spacial score (nSPS) is 17.4. The van der Waals surface area contributed by atoms with Crippen molar-refractivity contribution in [2.75, 3.05) is 13.2 Å². The maximum absolute atomic E-state index is 15.3. The first-order valence-electron chi connectivity index (χ1n) is 19.0. The number of carbonyl (C=O) groups excluding carboxylic acids is 4. The van der Waals surface area contributed by atoms with Crippen LogP contribution in [0.5, 0.6) is 5.75 Å². The third-order valence-corrected chi connectivity index (χ3v) is 11.0. The van der Waals surface area contributed by atoms with Crippen LogP contribution in [0.4, 0.5) is 4.39 Å². The summed E-state index contributed by atoms with van der Waals surface area (Å²) in [5, 5.41) is 16.5. The zero-order valence-electron chi connectivity index (χ0n) is 32.8. The van der Waals surface area contributed by atoms with Gasteiger partial charge in [0.25, 0.3) is 0 Å². The summed E-state index contributed by atoms with van der Waals surface area (Å²) in [5.41, 5.74) is 16.5. The van der Waals surface area contributed by atoms with Gasteiger partial charge in [-0.2, -0.15) is 0 Å². The molecule has 2 heterocycles. The van der Waals surface area contributed by atoms with Crippen LogP contribution in [-0.4, -0.2) is 76.0 Å². The minimum absolute atomic E-state index is 0.0129. The molecule has 4 rings (SSSR count). The Bertz CT molecular complexity index is 1790. The number of thiazole rings is 1. The molecular formula is C41H57FN6O6S. The molecule has 3 aromatic rings. The van der Waals surface area contributed by atoms with Crippen molar-refractivity contribution in [2.24, 2.45) is 16.9 Å². The van der Waals surface area contributed by atoms with E-state index in [4.69, 9.17) is 16.2 Å². The number of likely N-dealkylation sites (tertiary alicyclic amines) is 1. The number of aliphatic hydroxyl groups is 1. The van der Waals surface area contributed by atoms with E-state index in [9.17, 15) is 24.3 Å². The molecule has 1 fully saturated rings. The van der Waals surface area contributed by atoms with Crippen molar-refractivity contribution in [2.45, 2.75) is 123 Å². The summed E-state index contributed by atoms with van der Waals surface area (Å²) in [6, 6.07) is 8.64. The molecule has 7 N–H and O–H groups in total. The van der Waals surface area contributed by atoms with Gasteiger partial charge >= 0.3 is 0 Å². The van der Waals surface area contributed by atoms with Crippen molar-refractivity contribution >= 4 is 35.0 Å². The van der Waals surface area contributed by atoms with Crippen molar-refractivity contribution in [1.29, 1.82) is 0 Å². The first-order valence-corrected chi connectivity index (χ1v) is 19.9. The molecule has 4 amide bonds. The standard InChI is InChI=1S/C41H57FN6O6S/c1-24-12-18-33(54-22-29(43)17-19-34(44)50)36(42)31(24)10-8-7-9-11-35(51)47-38(41(4,5)6)40(53)48-21-30(49)20-32(48)39(52)46-25(2)27-13-15-28(16-14-27)37-26(3)45-23-55-37/h12-16,18,23,25,29-30,32,38,49H,7-11,17,19-22,43H2,1-6H3,(H2,44,50)(H,46,52)(H,47,51)/t25-,29-,30+,32-,38+/m0/s1. The van der Waals surface area contributed by atoms with Crippen LogP contribution in [0.2, 0.25) is 0 Å². The molecule has 55 heavy (non-hydrogen) atoms. The quantitative estimate of drug-likeness (QED) is 0.111. The first kappa shape index (κ1) is 43.3. The number of unbranched alkanes of at least 4 members (excludes halogenated alkanes) is 2. The van der Waals surface area contributed by atoms with Gasteiger partial charge in [-0.25, -0.2) is 9.37 Å². The third kappa shape index (κ3) is 12.0. The van der Waals surface area contributed by atoms with Gasteiger partial charge in [0.1, 0.15) is 18.7 Å². The Balaban J connectivity index is 1.29. The number of aromatic nitrogens is 1. The van der Waals surface area contributed by atoms with Gasteiger partial charge in [0, 0.05) is 31.8 Å². The number of aliphatic hydroxyl groups excluding tert-OH is 1. The molecule has 1 aliphatic heterocycles. The van der Waals surface area contributed by atoms with Gasteiger partial charge in [-0.3, -0.25) is 19.2 Å². The van der Waals surface area contributed by atoms with Gasteiger partial charge in [0.2, 0.25) is 23.6 Å². The number of hydrogen-bond donors (Lipinski definition) is 5. The van der Waals surface area contributed by atoms with E-state index in [0.29, 0.717) is 37.7 Å². The summed E-state index contributed by atoms with van der Waals surface area (Å²) in [6.45, 7) is 11.2. The molecule has 0 unspecified atom stereocenters. The third-order valence-electron chi connectivity index (χ3n) is 10.0. The number of amides is 4. The van der Waals surface area contributed by atoms with Gasteiger partial charge in [-0.05, 0) is 80.2 Å². The van der Waals surface area contributed by atoms with Gasteiger partial charge in [-0.15, -0.1) is 11.3 Å². The Kier molecular flexibility index (Phi) is 15.3. The Hall–Kier alpha value is -4.40. The van der Waals surface area contributed by atoms with E-state index >= 15 is 4.39 Å². The number of nitrogens with zero attached hydrogens (tertiary/aromatic N) is 2. The summed E-state index contributed by atoms with van der Waals surface area (Å²) >= 11 is 1.57. The van der Waals surface area contributed by atoms with E-state index in [0.717, 1.165) is 27.3 Å². The average Bonchev–Trinajstić information content (AvgIpc) is 3.74. The summed E-state index contributed by atoms with van der Waals surface area (Å²) in [4.78, 5) is 58.6. The predicted molar refractivity (Wildman–Crippen MR) is 212 cm³/mol. The first-order chi connectivity index (χ1) is 26.0. The Morgan fingerprint density at radius 2 is 1.76 bits per heavy atom. The second-order valence-corrected chi connectivity index (χ2v) is 16.5. The topological polar surface area (TPSA) is 190 Å². The molecule has 0 radical (unpaired) electrons. The second-order valence-electron chi connectivity index (χ2n) is 15.7. The minimum Gasteiger partial charge on any atom is -0.489 e. The van der Waals surface area contributed by atoms with E-state index in [1.165, 1.54) is 4.90 Å². The van der Waals surface area contributed by atoms with Crippen molar-refractivity contribution in [3.05, 3.63) is 70.1 Å². The monoisotopic (exact) mass is 780 g/mol. The highest BCUT2D eigenvalue weighted by Gasteiger charge is 2.44. The lowest BCUT2D eigenvalue weighted by Gasteiger charge is -2.35. The lowest BCUT2D eigenvalue weighted by Crippen LogP contribution is -2.57. The van der Waals surface area contributed by atoms with E-state index in [1.54, 1.807) is 23.5 Å². The maximum Gasteiger partial charge on any atom is 0.246 e. The number of aryl methyl sites for hydroxylation is 2. The molecule has 1 aliphatic rings. The highest BCUT2D eigenvalue weighted by Crippen LogP contribution is 2.30. The predicted octanol–water partition coefficient (Wildman–Crippen LogP) is 5.01. The molecule has 0 spiro atoms. The van der Waals surface area contributed by atoms with Crippen LogP contribution < -0.4 is 26.8 Å². The molecule has 5 atom stereocenters. The summed E-state index contributed by atoms with van der Waals surface area (Å²) in [7, 11) is 0. The molecule has 1 saturated heterocycles. The number of nitrogens with two attached hydrogens (primary N) is 2. The second kappa shape index (κ2) is 19.5. The van der Waals surface area contributed by atoms with E-state index < -0.39 is 47.3 Å². The number of carbonyl (C=O) groups is 4. The fraction of sp³-hybridized carbons (Fsp3) is 0.537. The van der Waals surface area contributed by atoms with Crippen LogP contribution in [0.1, 0.15) is 101 Å². The van der Waals surface area contributed by atoms with E-state index in [1.807, 2.05) is 71.3 Å². The van der Waals surface area contributed by atoms with Gasteiger partial charge in [0.05, 0.1) is 28.2 Å². The number of ether oxygens (including phenoxy) is 1. The van der Waals surface area contributed by atoms with Crippen molar-refractivity contribution < 1.29 is 33.4 Å². The summed E-state index contributed by atoms with van der Waals surface area (Å²) < 4.78 is 20.9. The zero-order valence-corrected chi connectivity index (χ0v) is 33.6. The fourth-order valence-electron chi connectivity index (χ4n) is 6.74.